The smallest absolute Gasteiger partial charge is 0.0582 e. The molecule has 0 aromatic heterocycles. The molecule has 2 heteroatoms. The third kappa shape index (κ3) is 6.62. The van der Waals surface area contributed by atoms with Gasteiger partial charge in [0.2, 0.25) is 0 Å². The molecule has 0 saturated heterocycles. The van der Waals surface area contributed by atoms with Crippen LogP contribution in [0.25, 0.3) is 0 Å². The highest BCUT2D eigenvalue weighted by Gasteiger charge is 2.04. The second-order valence-electron chi connectivity index (χ2n) is 3.65. The zero-order chi connectivity index (χ0) is 9.40. The minimum absolute atomic E-state index is 0.234. The number of hydrogen-bond acceptors (Lipinski definition) is 2. The average molecular weight is 173 g/mol. The number of aliphatic hydroxyl groups is 1. The Hall–Kier alpha value is -0.0800. The van der Waals surface area contributed by atoms with Crippen molar-refractivity contribution in [2.24, 2.45) is 0 Å². The molecule has 0 unspecified atom stereocenters. The van der Waals surface area contributed by atoms with Crippen LogP contribution in [0.5, 0.6) is 0 Å². The lowest BCUT2D eigenvalue weighted by atomic mass is 10.1. The first-order valence-electron chi connectivity index (χ1n) is 5.07. The molecule has 0 rings (SSSR count). The van der Waals surface area contributed by atoms with E-state index >= 15 is 0 Å². The van der Waals surface area contributed by atoms with Crippen molar-refractivity contribution in [3.8, 4) is 0 Å². The van der Waals surface area contributed by atoms with Crippen molar-refractivity contribution in [1.29, 1.82) is 0 Å². The van der Waals surface area contributed by atoms with Crippen molar-refractivity contribution in [2.75, 3.05) is 6.61 Å². The monoisotopic (exact) mass is 173 g/mol. The molecule has 0 spiro atoms. The van der Waals surface area contributed by atoms with E-state index in [2.05, 4.69) is 19.2 Å². The molecule has 0 radical (unpaired) electrons. The fraction of sp³-hybridized carbons (Fsp3) is 1.00. The van der Waals surface area contributed by atoms with Crippen LogP contribution in [-0.2, 0) is 0 Å². The van der Waals surface area contributed by atoms with Gasteiger partial charge in [-0.2, -0.15) is 0 Å². The molecule has 0 fully saturated rings. The summed E-state index contributed by atoms with van der Waals surface area (Å²) < 4.78 is 0. The first-order valence-corrected chi connectivity index (χ1v) is 5.07. The van der Waals surface area contributed by atoms with Gasteiger partial charge in [0.15, 0.2) is 0 Å². The van der Waals surface area contributed by atoms with Crippen LogP contribution >= 0.6 is 0 Å². The third-order valence-corrected chi connectivity index (χ3v) is 2.08. The van der Waals surface area contributed by atoms with E-state index in [0.29, 0.717) is 6.04 Å². The number of hydrogen-bond donors (Lipinski definition) is 2. The molecular weight excluding hydrogens is 150 g/mol. The second-order valence-corrected chi connectivity index (χ2v) is 3.65. The Labute approximate surface area is 76.4 Å². The number of rotatable bonds is 7. The van der Waals surface area contributed by atoms with Gasteiger partial charge >= 0.3 is 0 Å². The lowest BCUT2D eigenvalue weighted by molar-refractivity contribution is 0.240. The minimum Gasteiger partial charge on any atom is -0.395 e. The Kier molecular flexibility index (Phi) is 7.51. The maximum atomic E-state index is 8.79. The highest BCUT2D eigenvalue weighted by molar-refractivity contribution is 4.66. The van der Waals surface area contributed by atoms with Crippen LogP contribution in [0, 0.1) is 0 Å². The van der Waals surface area contributed by atoms with E-state index in [-0.39, 0.29) is 12.6 Å². The SMILES string of the molecule is CCCCC[C@H](C)N[C@H](C)CO. The highest BCUT2D eigenvalue weighted by Crippen LogP contribution is 2.03. The van der Waals surface area contributed by atoms with E-state index in [1.54, 1.807) is 0 Å². The zero-order valence-corrected chi connectivity index (χ0v) is 8.64. The van der Waals surface area contributed by atoms with Gasteiger partial charge in [-0.05, 0) is 20.3 Å². The Balaban J connectivity index is 3.26. The summed E-state index contributed by atoms with van der Waals surface area (Å²) in [6.45, 7) is 6.64. The van der Waals surface area contributed by atoms with E-state index in [4.69, 9.17) is 5.11 Å². The van der Waals surface area contributed by atoms with Crippen molar-refractivity contribution < 1.29 is 5.11 Å². The standard InChI is InChI=1S/C10H23NO/c1-4-5-6-7-9(2)11-10(3)8-12/h9-12H,4-8H2,1-3H3/t9-,10+/m0/s1. The molecule has 0 aliphatic carbocycles. The second kappa shape index (κ2) is 7.56. The Morgan fingerprint density at radius 3 is 2.33 bits per heavy atom. The van der Waals surface area contributed by atoms with Gasteiger partial charge in [-0.3, -0.25) is 0 Å². The molecule has 2 nitrogen and oxygen atoms in total. The fourth-order valence-electron chi connectivity index (χ4n) is 1.32. The predicted octanol–water partition coefficient (Wildman–Crippen LogP) is 1.93. The molecule has 74 valence electrons. The molecule has 0 aliphatic heterocycles. The molecule has 0 aromatic carbocycles. The van der Waals surface area contributed by atoms with Crippen LogP contribution in [0.1, 0.15) is 46.5 Å². The van der Waals surface area contributed by atoms with Crippen LogP contribution in [0.3, 0.4) is 0 Å². The van der Waals surface area contributed by atoms with Crippen LogP contribution in [0.2, 0.25) is 0 Å². The molecule has 0 amide bonds. The summed E-state index contributed by atoms with van der Waals surface area (Å²) in [5, 5.41) is 12.1. The summed E-state index contributed by atoms with van der Waals surface area (Å²) in [6.07, 6.45) is 5.11. The summed E-state index contributed by atoms with van der Waals surface area (Å²) in [4.78, 5) is 0. The maximum absolute atomic E-state index is 8.79. The number of aliphatic hydroxyl groups excluding tert-OH is 1. The first kappa shape index (κ1) is 11.9. The number of nitrogens with one attached hydrogen (secondary N) is 1. The summed E-state index contributed by atoms with van der Waals surface area (Å²) in [5.74, 6) is 0. The molecular formula is C10H23NO. The molecule has 12 heavy (non-hydrogen) atoms. The van der Waals surface area contributed by atoms with E-state index in [9.17, 15) is 0 Å². The first-order chi connectivity index (χ1) is 5.70. The topological polar surface area (TPSA) is 32.3 Å². The highest BCUT2D eigenvalue weighted by atomic mass is 16.3. The summed E-state index contributed by atoms with van der Waals surface area (Å²) in [6, 6.07) is 0.778. The lowest BCUT2D eigenvalue weighted by Crippen LogP contribution is -2.36. The van der Waals surface area contributed by atoms with Crippen molar-refractivity contribution in [2.45, 2.75) is 58.5 Å². The fourth-order valence-corrected chi connectivity index (χ4v) is 1.32. The molecule has 2 atom stereocenters. The molecule has 0 bridgehead atoms. The molecule has 0 aromatic rings. The third-order valence-electron chi connectivity index (χ3n) is 2.08. The molecule has 0 aliphatic rings. The lowest BCUT2D eigenvalue weighted by Gasteiger charge is -2.17. The van der Waals surface area contributed by atoms with Crippen LogP contribution < -0.4 is 5.32 Å². The predicted molar refractivity (Wildman–Crippen MR) is 53.3 cm³/mol. The van der Waals surface area contributed by atoms with Crippen molar-refractivity contribution >= 4 is 0 Å². The van der Waals surface area contributed by atoms with Crippen LogP contribution in [-0.4, -0.2) is 23.8 Å². The Bertz CT molecular complexity index is 95.8. The van der Waals surface area contributed by atoms with E-state index in [1.165, 1.54) is 25.7 Å². The minimum atomic E-state index is 0.234. The van der Waals surface area contributed by atoms with Gasteiger partial charge < -0.3 is 10.4 Å². The average Bonchev–Trinajstić information content (AvgIpc) is 2.05. The largest absolute Gasteiger partial charge is 0.395 e. The van der Waals surface area contributed by atoms with Gasteiger partial charge in [-0.1, -0.05) is 26.2 Å². The molecule has 2 N–H and O–H groups in total. The van der Waals surface area contributed by atoms with E-state index < -0.39 is 0 Å². The van der Waals surface area contributed by atoms with E-state index in [0.717, 1.165) is 0 Å². The van der Waals surface area contributed by atoms with Crippen molar-refractivity contribution in [3.63, 3.8) is 0 Å². The van der Waals surface area contributed by atoms with Gasteiger partial charge in [0.25, 0.3) is 0 Å². The van der Waals surface area contributed by atoms with Crippen molar-refractivity contribution in [1.82, 2.24) is 5.32 Å². The van der Waals surface area contributed by atoms with E-state index in [1.807, 2.05) is 6.92 Å². The van der Waals surface area contributed by atoms with Crippen LogP contribution in [0.15, 0.2) is 0 Å². The quantitative estimate of drug-likeness (QED) is 0.577. The Morgan fingerprint density at radius 1 is 1.17 bits per heavy atom. The maximum Gasteiger partial charge on any atom is 0.0582 e. The van der Waals surface area contributed by atoms with Gasteiger partial charge in [-0.15, -0.1) is 0 Å². The molecule has 0 heterocycles. The van der Waals surface area contributed by atoms with Gasteiger partial charge in [0, 0.05) is 12.1 Å². The van der Waals surface area contributed by atoms with Gasteiger partial charge in [0.05, 0.1) is 6.61 Å². The summed E-state index contributed by atoms with van der Waals surface area (Å²) >= 11 is 0. The normalized spacial score (nSPS) is 16.0. The van der Waals surface area contributed by atoms with Gasteiger partial charge in [-0.25, -0.2) is 0 Å². The molecule has 0 saturated carbocycles. The van der Waals surface area contributed by atoms with Gasteiger partial charge in [0.1, 0.15) is 0 Å². The summed E-state index contributed by atoms with van der Waals surface area (Å²) in [7, 11) is 0. The zero-order valence-electron chi connectivity index (χ0n) is 8.64. The summed E-state index contributed by atoms with van der Waals surface area (Å²) in [5.41, 5.74) is 0. The van der Waals surface area contributed by atoms with Crippen LogP contribution in [0.4, 0.5) is 0 Å². The number of unbranched alkanes of at least 4 members (excludes halogenated alkanes) is 2. The van der Waals surface area contributed by atoms with Crippen molar-refractivity contribution in [3.05, 3.63) is 0 Å². The Morgan fingerprint density at radius 2 is 1.83 bits per heavy atom.